The van der Waals surface area contributed by atoms with Crippen LogP contribution in [-0.4, -0.2) is 24.0 Å². The molecular formula is C16H17NO3. The number of nitrogens with zero attached hydrogens (tertiary/aromatic N) is 1. The van der Waals surface area contributed by atoms with Gasteiger partial charge in [-0.15, -0.1) is 0 Å². The van der Waals surface area contributed by atoms with E-state index in [0.29, 0.717) is 5.69 Å². The minimum absolute atomic E-state index is 0.108. The summed E-state index contributed by atoms with van der Waals surface area (Å²) >= 11 is 0. The van der Waals surface area contributed by atoms with Crippen LogP contribution in [0.2, 0.25) is 0 Å². The fourth-order valence-corrected chi connectivity index (χ4v) is 4.24. The number of hydrogen-bond donors (Lipinski definition) is 0. The number of imide groups is 1. The molecule has 0 spiro atoms. The van der Waals surface area contributed by atoms with Crippen LogP contribution in [0.5, 0.6) is 0 Å². The molecular weight excluding hydrogens is 254 g/mol. The maximum atomic E-state index is 12.9. The Hall–Kier alpha value is -1.68. The van der Waals surface area contributed by atoms with Crippen molar-refractivity contribution in [3.63, 3.8) is 0 Å². The molecule has 4 nitrogen and oxygen atoms in total. The molecule has 0 aromatic heterocycles. The molecule has 4 rings (SSSR count). The molecule has 1 aromatic rings. The maximum Gasteiger partial charge on any atom is 0.243 e. The lowest BCUT2D eigenvalue weighted by Crippen LogP contribution is -2.48. The van der Waals surface area contributed by atoms with Gasteiger partial charge in [0.1, 0.15) is 0 Å². The molecule has 0 saturated carbocycles. The Balaban J connectivity index is 1.88. The first-order chi connectivity index (χ1) is 9.51. The maximum absolute atomic E-state index is 12.9. The number of carbonyl (C=O) groups excluding carboxylic acids is 2. The van der Waals surface area contributed by atoms with E-state index in [4.69, 9.17) is 4.74 Å². The summed E-state index contributed by atoms with van der Waals surface area (Å²) in [4.78, 5) is 27.2. The summed E-state index contributed by atoms with van der Waals surface area (Å²) in [7, 11) is 0. The van der Waals surface area contributed by atoms with Gasteiger partial charge in [0.15, 0.2) is 0 Å². The number of carbonyl (C=O) groups is 2. The van der Waals surface area contributed by atoms with Crippen molar-refractivity contribution in [2.75, 3.05) is 4.90 Å². The smallest absolute Gasteiger partial charge is 0.243 e. The predicted octanol–water partition coefficient (Wildman–Crippen LogP) is 2.13. The lowest BCUT2D eigenvalue weighted by atomic mass is 9.59. The van der Waals surface area contributed by atoms with Gasteiger partial charge in [-0.25, -0.2) is 4.90 Å². The van der Waals surface area contributed by atoms with Gasteiger partial charge in [0.25, 0.3) is 0 Å². The summed E-state index contributed by atoms with van der Waals surface area (Å²) in [5.74, 6) is -0.216. The van der Waals surface area contributed by atoms with Gasteiger partial charge in [0, 0.05) is 0 Å². The van der Waals surface area contributed by atoms with Crippen molar-refractivity contribution < 1.29 is 14.3 Å². The Morgan fingerprint density at radius 1 is 1.00 bits per heavy atom. The topological polar surface area (TPSA) is 46.6 Å². The van der Waals surface area contributed by atoms with E-state index in [1.165, 1.54) is 4.90 Å². The molecule has 0 aliphatic carbocycles. The second-order valence-electron chi connectivity index (χ2n) is 6.38. The quantitative estimate of drug-likeness (QED) is 0.735. The zero-order valence-electron chi connectivity index (χ0n) is 11.6. The van der Waals surface area contributed by atoms with Crippen molar-refractivity contribution in [1.82, 2.24) is 0 Å². The zero-order chi connectivity index (χ0) is 14.1. The van der Waals surface area contributed by atoms with E-state index in [1.807, 2.05) is 44.2 Å². The molecule has 4 heteroatoms. The molecule has 4 atom stereocenters. The standard InChI is InChI=1S/C16H17NO3/c1-15-11-8-9-12(20-11)16(15,2)14(19)17(13(15)18)10-6-4-3-5-7-10/h3-7,11-12H,8-9H2,1-2H3. The molecule has 2 amide bonds. The highest BCUT2D eigenvalue weighted by molar-refractivity contribution is 6.26. The van der Waals surface area contributed by atoms with E-state index < -0.39 is 10.8 Å². The van der Waals surface area contributed by atoms with Gasteiger partial charge in [0.2, 0.25) is 11.8 Å². The van der Waals surface area contributed by atoms with Gasteiger partial charge in [-0.05, 0) is 38.8 Å². The summed E-state index contributed by atoms with van der Waals surface area (Å²) in [6, 6.07) is 9.20. The minimum atomic E-state index is -0.719. The summed E-state index contributed by atoms with van der Waals surface area (Å²) in [6.07, 6.45) is 1.50. The number of ether oxygens (including phenoxy) is 1. The Morgan fingerprint density at radius 3 is 2.00 bits per heavy atom. The van der Waals surface area contributed by atoms with Gasteiger partial charge in [-0.2, -0.15) is 0 Å². The van der Waals surface area contributed by atoms with E-state index >= 15 is 0 Å². The highest BCUT2D eigenvalue weighted by atomic mass is 16.5. The third-order valence-corrected chi connectivity index (χ3v) is 5.70. The Bertz CT molecular complexity index is 579. The summed E-state index contributed by atoms with van der Waals surface area (Å²) < 4.78 is 5.90. The average Bonchev–Trinajstić information content (AvgIpc) is 3.06. The van der Waals surface area contributed by atoms with Gasteiger partial charge in [0.05, 0.1) is 28.7 Å². The van der Waals surface area contributed by atoms with Crippen LogP contribution in [-0.2, 0) is 14.3 Å². The van der Waals surface area contributed by atoms with Crippen LogP contribution in [0.25, 0.3) is 0 Å². The molecule has 3 aliphatic rings. The highest BCUT2D eigenvalue weighted by Crippen LogP contribution is 2.64. The van der Waals surface area contributed by atoms with Crippen LogP contribution in [0, 0.1) is 10.8 Å². The van der Waals surface area contributed by atoms with Gasteiger partial charge in [-0.1, -0.05) is 18.2 Å². The lowest BCUT2D eigenvalue weighted by molar-refractivity contribution is -0.132. The second-order valence-corrected chi connectivity index (χ2v) is 6.38. The molecule has 0 radical (unpaired) electrons. The molecule has 3 saturated heterocycles. The van der Waals surface area contributed by atoms with Crippen LogP contribution in [0.4, 0.5) is 5.69 Å². The molecule has 20 heavy (non-hydrogen) atoms. The first kappa shape index (κ1) is 12.1. The first-order valence-corrected chi connectivity index (χ1v) is 7.11. The van der Waals surface area contributed by atoms with E-state index in [9.17, 15) is 9.59 Å². The average molecular weight is 271 g/mol. The van der Waals surface area contributed by atoms with Crippen LogP contribution in [0.15, 0.2) is 30.3 Å². The summed E-state index contributed by atoms with van der Waals surface area (Å²) in [5.41, 5.74) is -0.773. The molecule has 3 heterocycles. The normalized spacial score (nSPS) is 42.4. The number of fused-ring (bicyclic) bond motifs is 5. The van der Waals surface area contributed by atoms with Crippen LogP contribution < -0.4 is 4.90 Å². The fourth-order valence-electron chi connectivity index (χ4n) is 4.24. The Kier molecular flexibility index (Phi) is 2.11. The van der Waals surface area contributed by atoms with E-state index in [0.717, 1.165) is 12.8 Å². The second kappa shape index (κ2) is 3.50. The fraction of sp³-hybridized carbons (Fsp3) is 0.500. The summed E-state index contributed by atoms with van der Waals surface area (Å²) in [5, 5.41) is 0. The van der Waals surface area contributed by atoms with Gasteiger partial charge in [-0.3, -0.25) is 9.59 Å². The molecule has 0 N–H and O–H groups in total. The molecule has 3 fully saturated rings. The van der Waals surface area contributed by atoms with Crippen molar-refractivity contribution in [1.29, 1.82) is 0 Å². The lowest BCUT2D eigenvalue weighted by Gasteiger charge is -2.36. The summed E-state index contributed by atoms with van der Waals surface area (Å²) in [6.45, 7) is 3.81. The Morgan fingerprint density at radius 2 is 1.50 bits per heavy atom. The minimum Gasteiger partial charge on any atom is -0.373 e. The number of benzene rings is 1. The molecule has 4 unspecified atom stereocenters. The van der Waals surface area contributed by atoms with Crippen molar-refractivity contribution in [3.05, 3.63) is 30.3 Å². The molecule has 1 aromatic carbocycles. The van der Waals surface area contributed by atoms with Crippen LogP contribution in [0.3, 0.4) is 0 Å². The van der Waals surface area contributed by atoms with Crippen molar-refractivity contribution in [3.8, 4) is 0 Å². The van der Waals surface area contributed by atoms with E-state index in [2.05, 4.69) is 0 Å². The van der Waals surface area contributed by atoms with Crippen LogP contribution >= 0.6 is 0 Å². The van der Waals surface area contributed by atoms with Gasteiger partial charge < -0.3 is 4.74 Å². The largest absolute Gasteiger partial charge is 0.373 e. The molecule has 104 valence electrons. The van der Waals surface area contributed by atoms with E-state index in [1.54, 1.807) is 0 Å². The van der Waals surface area contributed by atoms with Crippen molar-refractivity contribution in [2.45, 2.75) is 38.9 Å². The SMILES string of the molecule is CC12C(=O)N(c3ccccc3)C(=O)C1(C)C1CCC2O1. The number of hydrogen-bond acceptors (Lipinski definition) is 3. The molecule has 2 bridgehead atoms. The predicted molar refractivity (Wildman–Crippen MR) is 73.0 cm³/mol. The Labute approximate surface area is 117 Å². The van der Waals surface area contributed by atoms with Gasteiger partial charge >= 0.3 is 0 Å². The number of amides is 2. The number of para-hydroxylation sites is 1. The van der Waals surface area contributed by atoms with Crippen molar-refractivity contribution in [2.24, 2.45) is 10.8 Å². The number of anilines is 1. The third kappa shape index (κ3) is 1.05. The third-order valence-electron chi connectivity index (χ3n) is 5.70. The van der Waals surface area contributed by atoms with E-state index in [-0.39, 0.29) is 24.0 Å². The van der Waals surface area contributed by atoms with Crippen LogP contribution in [0.1, 0.15) is 26.7 Å². The monoisotopic (exact) mass is 271 g/mol. The first-order valence-electron chi connectivity index (χ1n) is 7.11. The zero-order valence-corrected chi connectivity index (χ0v) is 11.6. The number of rotatable bonds is 1. The van der Waals surface area contributed by atoms with Crippen molar-refractivity contribution >= 4 is 17.5 Å². The highest BCUT2D eigenvalue weighted by Gasteiger charge is 2.77. The molecule has 3 aliphatic heterocycles.